The monoisotopic (exact) mass is 362 g/mol. The van der Waals surface area contributed by atoms with Gasteiger partial charge in [0.05, 0.1) is 10.6 Å². The van der Waals surface area contributed by atoms with E-state index in [1.165, 1.54) is 17.9 Å². The van der Waals surface area contributed by atoms with Crippen LogP contribution in [0.2, 0.25) is 0 Å². The molecule has 0 unspecified atom stereocenters. The van der Waals surface area contributed by atoms with Crippen molar-refractivity contribution >= 4 is 38.4 Å². The van der Waals surface area contributed by atoms with E-state index in [0.29, 0.717) is 11.1 Å². The summed E-state index contributed by atoms with van der Waals surface area (Å²) in [5, 5.41) is 1.38. The summed E-state index contributed by atoms with van der Waals surface area (Å²) < 4.78 is 31.7. The van der Waals surface area contributed by atoms with Gasteiger partial charge in [0.1, 0.15) is 6.54 Å². The van der Waals surface area contributed by atoms with E-state index in [9.17, 15) is 18.0 Å². The second kappa shape index (κ2) is 6.03. The van der Waals surface area contributed by atoms with E-state index < -0.39 is 28.6 Å². The molecule has 1 aliphatic heterocycles. The van der Waals surface area contributed by atoms with E-state index in [0.717, 1.165) is 9.69 Å². The summed E-state index contributed by atoms with van der Waals surface area (Å²) in [6.07, 6.45) is -0.981. The molecule has 0 aromatic heterocycles. The molecule has 0 saturated heterocycles. The van der Waals surface area contributed by atoms with Gasteiger partial charge in [-0.2, -0.15) is 0 Å². The Morgan fingerprint density at radius 3 is 2.44 bits per heavy atom. The largest absolute Gasteiger partial charge is 0.451 e. The van der Waals surface area contributed by atoms with Crippen molar-refractivity contribution in [3.63, 3.8) is 0 Å². The molecule has 8 heteroatoms. The summed E-state index contributed by atoms with van der Waals surface area (Å²) in [6.45, 7) is 0.968. The molecule has 0 N–H and O–H groups in total. The number of hydrogen-bond donors (Lipinski definition) is 0. The number of carbonyl (C=O) groups excluding carboxylic acids is 2. The average Bonchev–Trinajstić information content (AvgIpc) is 2.77. The van der Waals surface area contributed by atoms with Gasteiger partial charge in [0, 0.05) is 19.5 Å². The minimum absolute atomic E-state index is 0.172. The summed E-state index contributed by atoms with van der Waals surface area (Å²) in [5.74, 6) is -1.15. The van der Waals surface area contributed by atoms with Crippen LogP contribution in [0.4, 0.5) is 5.69 Å². The predicted molar refractivity (Wildman–Crippen MR) is 92.7 cm³/mol. The normalized spacial score (nSPS) is 15.9. The molecule has 0 bridgehead atoms. The molecule has 0 fully saturated rings. The molecule has 0 spiro atoms. The van der Waals surface area contributed by atoms with Crippen molar-refractivity contribution in [3.05, 3.63) is 36.4 Å². The van der Waals surface area contributed by atoms with Crippen molar-refractivity contribution < 1.29 is 22.7 Å². The molecule has 7 nitrogen and oxygen atoms in total. The Morgan fingerprint density at radius 1 is 1.16 bits per heavy atom. The summed E-state index contributed by atoms with van der Waals surface area (Å²) in [5.41, 5.74) is 0.441. The standard InChI is InChI=1S/C17H18N2O5S/c1-11(17(21)18(2)3)24-15(20)10-19-13-8-4-6-12-7-5-9-14(16(12)13)25(19,22)23/h4-9,11H,10H2,1-3H3/t11-/m1/s1. The first-order valence-electron chi connectivity index (χ1n) is 7.68. The fourth-order valence-electron chi connectivity index (χ4n) is 2.89. The smallest absolute Gasteiger partial charge is 0.327 e. The van der Waals surface area contributed by atoms with Crippen LogP contribution in [0.5, 0.6) is 0 Å². The molecule has 0 radical (unpaired) electrons. The molecule has 132 valence electrons. The van der Waals surface area contributed by atoms with Crippen molar-refractivity contribution in [2.24, 2.45) is 0 Å². The SMILES string of the molecule is C[C@@H](OC(=O)CN1c2cccc3cccc(c23)S1(=O)=O)C(=O)N(C)C. The summed E-state index contributed by atoms with van der Waals surface area (Å²) in [4.78, 5) is 25.5. The minimum Gasteiger partial charge on any atom is -0.451 e. The number of anilines is 1. The lowest BCUT2D eigenvalue weighted by atomic mass is 10.1. The number of likely N-dealkylation sites (N-methyl/N-ethyl adjacent to an activating group) is 1. The van der Waals surface area contributed by atoms with Crippen LogP contribution in [0.3, 0.4) is 0 Å². The highest BCUT2D eigenvalue weighted by molar-refractivity contribution is 7.93. The van der Waals surface area contributed by atoms with Crippen LogP contribution >= 0.6 is 0 Å². The first-order valence-corrected chi connectivity index (χ1v) is 9.12. The van der Waals surface area contributed by atoms with E-state index in [1.807, 2.05) is 12.1 Å². The van der Waals surface area contributed by atoms with Crippen LogP contribution in [0.25, 0.3) is 10.8 Å². The van der Waals surface area contributed by atoms with Crippen molar-refractivity contribution in [1.29, 1.82) is 0 Å². The van der Waals surface area contributed by atoms with E-state index in [2.05, 4.69) is 0 Å². The number of ether oxygens (including phenoxy) is 1. The molecule has 2 aromatic carbocycles. The number of sulfonamides is 1. The van der Waals surface area contributed by atoms with Gasteiger partial charge in [0.15, 0.2) is 6.10 Å². The van der Waals surface area contributed by atoms with Gasteiger partial charge in [-0.05, 0) is 24.4 Å². The molecule has 2 aromatic rings. The Labute approximate surface area is 145 Å². The second-order valence-corrected chi connectivity index (χ2v) is 7.84. The lowest BCUT2D eigenvalue weighted by Gasteiger charge is -2.21. The highest BCUT2D eigenvalue weighted by Crippen LogP contribution is 2.41. The van der Waals surface area contributed by atoms with Crippen molar-refractivity contribution in [3.8, 4) is 0 Å². The Balaban J connectivity index is 1.88. The Morgan fingerprint density at radius 2 is 1.80 bits per heavy atom. The molecule has 25 heavy (non-hydrogen) atoms. The molecule has 1 atom stereocenters. The lowest BCUT2D eigenvalue weighted by molar-refractivity contribution is -0.156. The maximum atomic E-state index is 12.8. The number of hydrogen-bond acceptors (Lipinski definition) is 5. The van der Waals surface area contributed by atoms with E-state index >= 15 is 0 Å². The van der Waals surface area contributed by atoms with Crippen LogP contribution < -0.4 is 4.31 Å². The Kier molecular flexibility index (Phi) is 4.16. The van der Waals surface area contributed by atoms with Gasteiger partial charge in [-0.1, -0.05) is 24.3 Å². The van der Waals surface area contributed by atoms with Gasteiger partial charge in [-0.3, -0.25) is 13.9 Å². The summed E-state index contributed by atoms with van der Waals surface area (Å²) in [7, 11) is -0.728. The number of nitrogens with zero attached hydrogens (tertiary/aromatic N) is 2. The molecule has 0 saturated carbocycles. The zero-order valence-electron chi connectivity index (χ0n) is 14.1. The zero-order chi connectivity index (χ0) is 18.4. The maximum Gasteiger partial charge on any atom is 0.327 e. The van der Waals surface area contributed by atoms with Crippen LogP contribution in [-0.2, 0) is 24.3 Å². The number of carbonyl (C=O) groups is 2. The summed E-state index contributed by atoms with van der Waals surface area (Å²) in [6, 6.07) is 10.2. The molecule has 1 amide bonds. The molecular weight excluding hydrogens is 344 g/mol. The lowest BCUT2D eigenvalue weighted by Crippen LogP contribution is -2.39. The fraction of sp³-hybridized carbons (Fsp3) is 0.294. The number of rotatable bonds is 4. The van der Waals surface area contributed by atoms with Crippen molar-refractivity contribution in [1.82, 2.24) is 4.90 Å². The molecular formula is C17H18N2O5S. The van der Waals surface area contributed by atoms with Gasteiger partial charge in [0.2, 0.25) is 0 Å². The quantitative estimate of drug-likeness (QED) is 0.767. The number of esters is 1. The van der Waals surface area contributed by atoms with Crippen LogP contribution in [-0.4, -0.2) is 51.9 Å². The fourth-order valence-corrected chi connectivity index (χ4v) is 4.55. The highest BCUT2D eigenvalue weighted by atomic mass is 32.2. The predicted octanol–water partition coefficient (Wildman–Crippen LogP) is 1.37. The van der Waals surface area contributed by atoms with Crippen LogP contribution in [0.1, 0.15) is 6.92 Å². The van der Waals surface area contributed by atoms with Crippen LogP contribution in [0.15, 0.2) is 41.3 Å². The Hall–Kier alpha value is -2.61. The third kappa shape index (κ3) is 2.82. The molecule has 3 rings (SSSR count). The summed E-state index contributed by atoms with van der Waals surface area (Å²) >= 11 is 0. The molecule has 1 heterocycles. The first kappa shape index (κ1) is 17.2. The molecule has 1 aliphatic rings. The van der Waals surface area contributed by atoms with Crippen LogP contribution in [0, 0.1) is 0 Å². The topological polar surface area (TPSA) is 84.0 Å². The van der Waals surface area contributed by atoms with Crippen molar-refractivity contribution in [2.45, 2.75) is 17.9 Å². The highest BCUT2D eigenvalue weighted by Gasteiger charge is 2.37. The second-order valence-electron chi connectivity index (χ2n) is 6.01. The number of amides is 1. The third-order valence-corrected chi connectivity index (χ3v) is 5.85. The van der Waals surface area contributed by atoms with Crippen molar-refractivity contribution in [2.75, 3.05) is 24.9 Å². The minimum atomic E-state index is -3.83. The average molecular weight is 362 g/mol. The van der Waals surface area contributed by atoms with E-state index in [4.69, 9.17) is 4.74 Å². The molecule has 0 aliphatic carbocycles. The van der Waals surface area contributed by atoms with Gasteiger partial charge in [0.25, 0.3) is 15.9 Å². The van der Waals surface area contributed by atoms with Gasteiger partial charge < -0.3 is 9.64 Å². The first-order chi connectivity index (χ1) is 11.7. The van der Waals surface area contributed by atoms with Gasteiger partial charge in [-0.25, -0.2) is 8.42 Å². The van der Waals surface area contributed by atoms with E-state index in [1.54, 1.807) is 32.3 Å². The number of benzene rings is 2. The Bertz CT molecular complexity index is 963. The van der Waals surface area contributed by atoms with Gasteiger partial charge >= 0.3 is 5.97 Å². The third-order valence-electron chi connectivity index (χ3n) is 4.05. The van der Waals surface area contributed by atoms with Gasteiger partial charge in [-0.15, -0.1) is 0 Å². The zero-order valence-corrected chi connectivity index (χ0v) is 14.9. The van der Waals surface area contributed by atoms with E-state index in [-0.39, 0.29) is 10.8 Å². The maximum absolute atomic E-state index is 12.8.